The van der Waals surface area contributed by atoms with Crippen molar-refractivity contribution in [1.82, 2.24) is 29.5 Å². The maximum atomic E-state index is 8.79. The van der Waals surface area contributed by atoms with E-state index in [1.54, 1.807) is 16.9 Å². The fourth-order valence-electron chi connectivity index (χ4n) is 4.12. The number of aryl methyl sites for hydroxylation is 1. The molecule has 3 aromatic heterocycles. The molecule has 32 heavy (non-hydrogen) atoms. The highest BCUT2D eigenvalue weighted by molar-refractivity contribution is 7.99. The van der Waals surface area contributed by atoms with Crippen molar-refractivity contribution in [2.45, 2.75) is 30.8 Å². The van der Waals surface area contributed by atoms with Crippen LogP contribution in [0.1, 0.15) is 30.0 Å². The lowest BCUT2D eigenvalue weighted by molar-refractivity contribution is 0.499. The molecule has 0 unspecified atom stereocenters. The van der Waals surface area contributed by atoms with Crippen LogP contribution in [0.15, 0.2) is 53.9 Å². The van der Waals surface area contributed by atoms with E-state index in [-0.39, 0.29) is 0 Å². The molecule has 1 aliphatic heterocycles. The highest BCUT2D eigenvalue weighted by atomic mass is 32.2. The Kier molecular flexibility index (Phi) is 5.69. The van der Waals surface area contributed by atoms with Crippen LogP contribution in [0.25, 0.3) is 17.0 Å². The van der Waals surface area contributed by atoms with Crippen LogP contribution in [0.4, 0.5) is 5.95 Å². The molecule has 0 spiro atoms. The molecule has 0 saturated carbocycles. The molecule has 0 atom stereocenters. The van der Waals surface area contributed by atoms with Crippen molar-refractivity contribution in [1.29, 1.82) is 5.26 Å². The molecule has 0 radical (unpaired) electrons. The Balaban J connectivity index is 1.37. The highest BCUT2D eigenvalue weighted by Crippen LogP contribution is 2.30. The average Bonchev–Trinajstić information content (AvgIpc) is 3.28. The monoisotopic (exact) mass is 442 g/mol. The SMILES string of the molecule is Cc1c(-c2ccnc(N3CCC(c4ccccc4)CC3)n2)cnc2nc(SCC#N)nn12. The van der Waals surface area contributed by atoms with E-state index in [0.29, 0.717) is 22.6 Å². The minimum Gasteiger partial charge on any atom is -0.341 e. The lowest BCUT2D eigenvalue weighted by atomic mass is 9.90. The zero-order valence-electron chi connectivity index (χ0n) is 17.7. The maximum Gasteiger partial charge on any atom is 0.253 e. The summed E-state index contributed by atoms with van der Waals surface area (Å²) in [5, 5.41) is 13.8. The summed E-state index contributed by atoms with van der Waals surface area (Å²) in [5.41, 5.74) is 4.02. The first-order valence-corrected chi connectivity index (χ1v) is 11.6. The van der Waals surface area contributed by atoms with Gasteiger partial charge in [0.15, 0.2) is 0 Å². The van der Waals surface area contributed by atoms with Crippen LogP contribution < -0.4 is 4.90 Å². The average molecular weight is 443 g/mol. The van der Waals surface area contributed by atoms with Crippen molar-refractivity contribution >= 4 is 23.5 Å². The Labute approximate surface area is 190 Å². The summed E-state index contributed by atoms with van der Waals surface area (Å²) >= 11 is 1.30. The van der Waals surface area contributed by atoms with E-state index in [4.69, 9.17) is 10.2 Å². The molecular weight excluding hydrogens is 420 g/mol. The first-order chi connectivity index (χ1) is 15.7. The van der Waals surface area contributed by atoms with Gasteiger partial charge in [-0.3, -0.25) is 0 Å². The first-order valence-electron chi connectivity index (χ1n) is 10.6. The van der Waals surface area contributed by atoms with Crippen molar-refractivity contribution in [3.8, 4) is 17.3 Å². The predicted octanol–water partition coefficient (Wildman–Crippen LogP) is 3.89. The molecule has 0 N–H and O–H groups in total. The van der Waals surface area contributed by atoms with Crippen LogP contribution >= 0.6 is 11.8 Å². The molecule has 0 aliphatic carbocycles. The second kappa shape index (κ2) is 8.93. The number of piperidine rings is 1. The van der Waals surface area contributed by atoms with Gasteiger partial charge < -0.3 is 4.90 Å². The van der Waals surface area contributed by atoms with Crippen LogP contribution in [-0.2, 0) is 0 Å². The zero-order chi connectivity index (χ0) is 21.9. The molecule has 0 amide bonds. The van der Waals surface area contributed by atoms with Gasteiger partial charge in [-0.25, -0.2) is 15.0 Å². The molecule has 1 aliphatic rings. The molecule has 0 bridgehead atoms. The molecule has 1 fully saturated rings. The predicted molar refractivity (Wildman–Crippen MR) is 124 cm³/mol. The molecule has 160 valence electrons. The van der Waals surface area contributed by atoms with E-state index >= 15 is 0 Å². The number of thioether (sulfide) groups is 1. The van der Waals surface area contributed by atoms with E-state index in [1.807, 2.05) is 13.0 Å². The number of nitriles is 1. The summed E-state index contributed by atoms with van der Waals surface area (Å²) in [6.07, 6.45) is 5.77. The topological polar surface area (TPSA) is 95.9 Å². The molecule has 4 heterocycles. The van der Waals surface area contributed by atoms with Gasteiger partial charge in [0.05, 0.1) is 23.2 Å². The van der Waals surface area contributed by atoms with Gasteiger partial charge in [-0.1, -0.05) is 42.1 Å². The largest absolute Gasteiger partial charge is 0.341 e. The summed E-state index contributed by atoms with van der Waals surface area (Å²) in [7, 11) is 0. The van der Waals surface area contributed by atoms with E-state index in [9.17, 15) is 0 Å². The molecule has 8 nitrogen and oxygen atoms in total. The van der Waals surface area contributed by atoms with Gasteiger partial charge in [-0.2, -0.15) is 14.8 Å². The van der Waals surface area contributed by atoms with Crippen LogP contribution in [0.3, 0.4) is 0 Å². The number of fused-ring (bicyclic) bond motifs is 1. The Hall–Kier alpha value is -3.51. The minimum atomic E-state index is 0.305. The number of rotatable bonds is 5. The van der Waals surface area contributed by atoms with Crippen molar-refractivity contribution in [3.63, 3.8) is 0 Å². The lowest BCUT2D eigenvalue weighted by Gasteiger charge is -2.32. The standard InChI is InChI=1S/C23H22N8S/c1-16-19(15-26-22-28-23(29-31(16)22)32-14-10-24)20-7-11-25-21(27-20)30-12-8-18(9-13-30)17-5-3-2-4-6-17/h2-7,11,15,18H,8-9,12-14H2,1H3. The molecule has 1 saturated heterocycles. The quantitative estimate of drug-likeness (QED) is 0.430. The van der Waals surface area contributed by atoms with E-state index < -0.39 is 0 Å². The van der Waals surface area contributed by atoms with Gasteiger partial charge in [0.2, 0.25) is 11.1 Å². The molecule has 4 aromatic rings. The smallest absolute Gasteiger partial charge is 0.253 e. The summed E-state index contributed by atoms with van der Waals surface area (Å²) in [5.74, 6) is 2.16. The number of benzene rings is 1. The number of nitrogens with zero attached hydrogens (tertiary/aromatic N) is 8. The fourth-order valence-corrected chi connectivity index (χ4v) is 4.60. The highest BCUT2D eigenvalue weighted by Gasteiger charge is 2.22. The summed E-state index contributed by atoms with van der Waals surface area (Å²) in [6.45, 7) is 3.84. The third kappa shape index (κ3) is 4.01. The number of hydrogen-bond acceptors (Lipinski definition) is 8. The summed E-state index contributed by atoms with van der Waals surface area (Å²) < 4.78 is 1.71. The Morgan fingerprint density at radius 3 is 2.69 bits per heavy atom. The Bertz CT molecular complexity index is 1270. The first kappa shape index (κ1) is 20.4. The zero-order valence-corrected chi connectivity index (χ0v) is 18.5. The van der Waals surface area contributed by atoms with Crippen LogP contribution in [-0.4, -0.2) is 48.4 Å². The number of aromatic nitrogens is 6. The minimum absolute atomic E-state index is 0.305. The van der Waals surface area contributed by atoms with Gasteiger partial charge in [0.25, 0.3) is 5.78 Å². The molecule has 1 aromatic carbocycles. The van der Waals surface area contributed by atoms with Crippen LogP contribution in [0.5, 0.6) is 0 Å². The Morgan fingerprint density at radius 1 is 1.09 bits per heavy atom. The van der Waals surface area contributed by atoms with Gasteiger partial charge in [-0.15, -0.1) is 5.10 Å². The van der Waals surface area contributed by atoms with Gasteiger partial charge >= 0.3 is 0 Å². The van der Waals surface area contributed by atoms with Gasteiger partial charge in [0, 0.05) is 31.0 Å². The van der Waals surface area contributed by atoms with Gasteiger partial charge in [-0.05, 0) is 37.3 Å². The summed E-state index contributed by atoms with van der Waals surface area (Å²) in [4.78, 5) is 20.5. The van der Waals surface area contributed by atoms with Crippen molar-refractivity contribution in [2.24, 2.45) is 0 Å². The van der Waals surface area contributed by atoms with E-state index in [0.717, 1.165) is 48.8 Å². The second-order valence-electron chi connectivity index (χ2n) is 7.72. The van der Waals surface area contributed by atoms with E-state index in [1.165, 1.54) is 17.3 Å². The third-order valence-corrected chi connectivity index (χ3v) is 6.53. The fraction of sp³-hybridized carbons (Fsp3) is 0.304. The van der Waals surface area contributed by atoms with Crippen LogP contribution in [0, 0.1) is 18.3 Å². The normalized spacial score (nSPS) is 14.6. The molecule has 5 rings (SSSR count). The van der Waals surface area contributed by atoms with Crippen molar-refractivity contribution in [3.05, 3.63) is 60.0 Å². The number of anilines is 1. The number of hydrogen-bond donors (Lipinski definition) is 0. The molecular formula is C23H22N8S. The summed E-state index contributed by atoms with van der Waals surface area (Å²) in [6, 6.07) is 14.7. The van der Waals surface area contributed by atoms with Crippen LogP contribution in [0.2, 0.25) is 0 Å². The van der Waals surface area contributed by atoms with E-state index in [2.05, 4.69) is 61.4 Å². The Morgan fingerprint density at radius 2 is 1.91 bits per heavy atom. The lowest BCUT2D eigenvalue weighted by Crippen LogP contribution is -2.34. The van der Waals surface area contributed by atoms with Crippen molar-refractivity contribution < 1.29 is 0 Å². The maximum absolute atomic E-state index is 8.79. The van der Waals surface area contributed by atoms with Crippen molar-refractivity contribution in [2.75, 3.05) is 23.7 Å². The van der Waals surface area contributed by atoms with Gasteiger partial charge in [0.1, 0.15) is 0 Å². The third-order valence-electron chi connectivity index (χ3n) is 5.82. The molecule has 9 heteroatoms. The second-order valence-corrected chi connectivity index (χ2v) is 8.67.